The highest BCUT2D eigenvalue weighted by molar-refractivity contribution is 7.07. The standard InChI is InChI=1S/C20H27N3OS.ClH/c1-23(2)19(17-10-12-25-14-17)9-11-21-20(24)22-18-8-7-15-5-3-4-6-16(15)13-18;/h3-6,10,12,14,18-19H,7-9,11,13H2,1-2H3,(H2,21,22,24);1H/t18-,19-;/m0./s1. The first-order valence-corrected chi connectivity index (χ1v) is 9.87. The summed E-state index contributed by atoms with van der Waals surface area (Å²) in [6, 6.07) is 11.2. The topological polar surface area (TPSA) is 44.4 Å². The van der Waals surface area contributed by atoms with Crippen molar-refractivity contribution in [3.8, 4) is 0 Å². The molecule has 0 spiro atoms. The number of carbonyl (C=O) groups excluding carboxylic acids is 1. The second-order valence-electron chi connectivity index (χ2n) is 6.93. The molecule has 0 unspecified atom stereocenters. The van der Waals surface area contributed by atoms with Gasteiger partial charge in [0, 0.05) is 18.6 Å². The molecule has 0 saturated heterocycles. The van der Waals surface area contributed by atoms with Crippen LogP contribution < -0.4 is 10.6 Å². The maximum absolute atomic E-state index is 12.2. The van der Waals surface area contributed by atoms with Crippen LogP contribution >= 0.6 is 23.7 Å². The third-order valence-electron chi connectivity index (χ3n) is 4.94. The Morgan fingerprint density at radius 2 is 2.04 bits per heavy atom. The molecule has 1 aromatic heterocycles. The largest absolute Gasteiger partial charge is 0.338 e. The summed E-state index contributed by atoms with van der Waals surface area (Å²) in [4.78, 5) is 14.4. The molecule has 6 heteroatoms. The Bertz CT molecular complexity index is 690. The summed E-state index contributed by atoms with van der Waals surface area (Å²) in [5, 5.41) is 10.5. The zero-order valence-electron chi connectivity index (χ0n) is 15.4. The maximum atomic E-state index is 12.2. The minimum atomic E-state index is -0.0489. The lowest BCUT2D eigenvalue weighted by Gasteiger charge is -2.26. The Hall–Kier alpha value is -1.56. The number of nitrogens with zero attached hydrogens (tertiary/aromatic N) is 1. The zero-order chi connectivity index (χ0) is 17.6. The molecule has 1 aliphatic carbocycles. The van der Waals surface area contributed by atoms with E-state index < -0.39 is 0 Å². The Balaban J connectivity index is 0.00000243. The van der Waals surface area contributed by atoms with Crippen molar-refractivity contribution in [2.75, 3.05) is 20.6 Å². The van der Waals surface area contributed by atoms with Crippen molar-refractivity contribution in [3.63, 3.8) is 0 Å². The van der Waals surface area contributed by atoms with Crippen LogP contribution in [-0.2, 0) is 12.8 Å². The van der Waals surface area contributed by atoms with Crippen molar-refractivity contribution in [3.05, 3.63) is 57.8 Å². The number of rotatable bonds is 6. The van der Waals surface area contributed by atoms with Gasteiger partial charge in [-0.2, -0.15) is 11.3 Å². The van der Waals surface area contributed by atoms with E-state index in [0.717, 1.165) is 25.7 Å². The molecule has 142 valence electrons. The number of aryl methyl sites for hydroxylation is 1. The molecule has 1 heterocycles. The first-order valence-electron chi connectivity index (χ1n) is 8.93. The molecule has 2 atom stereocenters. The normalized spacial score (nSPS) is 17.1. The fourth-order valence-corrected chi connectivity index (χ4v) is 4.27. The third-order valence-corrected chi connectivity index (χ3v) is 5.64. The van der Waals surface area contributed by atoms with Crippen LogP contribution in [0.2, 0.25) is 0 Å². The van der Waals surface area contributed by atoms with E-state index in [0.29, 0.717) is 12.6 Å². The Labute approximate surface area is 166 Å². The molecular formula is C20H28ClN3OS. The Morgan fingerprint density at radius 1 is 1.27 bits per heavy atom. The van der Waals surface area contributed by atoms with Crippen molar-refractivity contribution < 1.29 is 4.79 Å². The summed E-state index contributed by atoms with van der Waals surface area (Å²) in [7, 11) is 4.17. The number of thiophene rings is 1. The van der Waals surface area contributed by atoms with Gasteiger partial charge in [0.05, 0.1) is 0 Å². The smallest absolute Gasteiger partial charge is 0.315 e. The molecule has 1 aliphatic rings. The summed E-state index contributed by atoms with van der Waals surface area (Å²) in [5.41, 5.74) is 4.11. The predicted octanol–water partition coefficient (Wildman–Crippen LogP) is 4.02. The van der Waals surface area contributed by atoms with Gasteiger partial charge >= 0.3 is 6.03 Å². The molecule has 0 bridgehead atoms. The molecule has 4 nitrogen and oxygen atoms in total. The third kappa shape index (κ3) is 5.47. The number of benzene rings is 1. The van der Waals surface area contributed by atoms with E-state index in [4.69, 9.17) is 0 Å². The molecule has 2 amide bonds. The van der Waals surface area contributed by atoms with E-state index in [1.54, 1.807) is 11.3 Å². The highest BCUT2D eigenvalue weighted by Gasteiger charge is 2.20. The molecule has 2 N–H and O–H groups in total. The van der Waals surface area contributed by atoms with E-state index in [2.05, 4.69) is 70.7 Å². The molecule has 2 aromatic rings. The number of halogens is 1. The molecule has 0 fully saturated rings. The molecule has 26 heavy (non-hydrogen) atoms. The van der Waals surface area contributed by atoms with Crippen LogP contribution in [0.3, 0.4) is 0 Å². The van der Waals surface area contributed by atoms with Crippen molar-refractivity contribution in [2.45, 2.75) is 37.8 Å². The molecule has 1 aromatic carbocycles. The zero-order valence-corrected chi connectivity index (χ0v) is 17.0. The summed E-state index contributed by atoms with van der Waals surface area (Å²) in [6.07, 6.45) is 3.89. The van der Waals surface area contributed by atoms with Crippen molar-refractivity contribution in [1.29, 1.82) is 0 Å². The van der Waals surface area contributed by atoms with Gasteiger partial charge in [0.25, 0.3) is 0 Å². The van der Waals surface area contributed by atoms with Gasteiger partial charge in [-0.25, -0.2) is 4.79 Å². The van der Waals surface area contributed by atoms with Gasteiger partial charge in [0.2, 0.25) is 0 Å². The second kappa shape index (κ2) is 9.95. The summed E-state index contributed by atoms with van der Waals surface area (Å²) >= 11 is 1.72. The number of hydrogen-bond acceptors (Lipinski definition) is 3. The lowest BCUT2D eigenvalue weighted by molar-refractivity contribution is 0.232. The van der Waals surface area contributed by atoms with Gasteiger partial charge in [-0.3, -0.25) is 0 Å². The van der Waals surface area contributed by atoms with Gasteiger partial charge < -0.3 is 15.5 Å². The fourth-order valence-electron chi connectivity index (χ4n) is 3.57. The highest BCUT2D eigenvalue weighted by atomic mass is 35.5. The number of hydrogen-bond donors (Lipinski definition) is 2. The lowest BCUT2D eigenvalue weighted by atomic mass is 9.88. The number of nitrogens with one attached hydrogen (secondary N) is 2. The molecular weight excluding hydrogens is 366 g/mol. The van der Waals surface area contributed by atoms with Crippen LogP contribution in [0.1, 0.15) is 35.6 Å². The van der Waals surface area contributed by atoms with Crippen LogP contribution in [0.4, 0.5) is 4.79 Å². The molecule has 3 rings (SSSR count). The first-order chi connectivity index (χ1) is 12.1. The van der Waals surface area contributed by atoms with E-state index in [1.165, 1.54) is 16.7 Å². The number of amides is 2. The SMILES string of the molecule is CN(C)[C@@H](CCNC(=O)N[C@H]1CCc2ccccc2C1)c1ccsc1.Cl. The second-order valence-corrected chi connectivity index (χ2v) is 7.71. The van der Waals surface area contributed by atoms with Crippen LogP contribution in [0, 0.1) is 0 Å². The van der Waals surface area contributed by atoms with Crippen LogP contribution in [0.5, 0.6) is 0 Å². The first kappa shape index (κ1) is 20.7. The summed E-state index contributed by atoms with van der Waals surface area (Å²) in [5.74, 6) is 0. The average molecular weight is 394 g/mol. The van der Waals surface area contributed by atoms with Crippen molar-refractivity contribution in [1.82, 2.24) is 15.5 Å². The van der Waals surface area contributed by atoms with Gasteiger partial charge in [-0.15, -0.1) is 12.4 Å². The number of fused-ring (bicyclic) bond motifs is 1. The minimum Gasteiger partial charge on any atom is -0.338 e. The van der Waals surface area contributed by atoms with Crippen molar-refractivity contribution in [2.24, 2.45) is 0 Å². The Morgan fingerprint density at radius 3 is 2.73 bits per heavy atom. The molecule has 0 aliphatic heterocycles. The van der Waals surface area contributed by atoms with Gasteiger partial charge in [-0.05, 0) is 73.3 Å². The van der Waals surface area contributed by atoms with Crippen LogP contribution in [-0.4, -0.2) is 37.6 Å². The highest BCUT2D eigenvalue weighted by Crippen LogP contribution is 2.24. The lowest BCUT2D eigenvalue weighted by Crippen LogP contribution is -2.45. The van der Waals surface area contributed by atoms with E-state index in [9.17, 15) is 4.79 Å². The van der Waals surface area contributed by atoms with Gasteiger partial charge in [0.1, 0.15) is 0 Å². The van der Waals surface area contributed by atoms with E-state index >= 15 is 0 Å². The number of carbonyl (C=O) groups is 1. The van der Waals surface area contributed by atoms with E-state index in [-0.39, 0.29) is 24.5 Å². The monoisotopic (exact) mass is 393 g/mol. The summed E-state index contributed by atoms with van der Waals surface area (Å²) < 4.78 is 0. The van der Waals surface area contributed by atoms with Gasteiger partial charge in [0.15, 0.2) is 0 Å². The van der Waals surface area contributed by atoms with Crippen LogP contribution in [0.25, 0.3) is 0 Å². The maximum Gasteiger partial charge on any atom is 0.315 e. The van der Waals surface area contributed by atoms with Gasteiger partial charge in [-0.1, -0.05) is 24.3 Å². The molecule has 0 radical (unpaired) electrons. The molecule has 0 saturated carbocycles. The summed E-state index contributed by atoms with van der Waals surface area (Å²) in [6.45, 7) is 0.674. The van der Waals surface area contributed by atoms with E-state index in [1.807, 2.05) is 0 Å². The average Bonchev–Trinajstić information content (AvgIpc) is 3.12. The number of urea groups is 1. The minimum absolute atomic E-state index is 0. The predicted molar refractivity (Wildman–Crippen MR) is 111 cm³/mol. The quantitative estimate of drug-likeness (QED) is 0.778. The Kier molecular flexibility index (Phi) is 7.94. The van der Waals surface area contributed by atoms with Crippen LogP contribution in [0.15, 0.2) is 41.1 Å². The van der Waals surface area contributed by atoms with Crippen molar-refractivity contribution >= 4 is 29.8 Å². The fraction of sp³-hybridized carbons (Fsp3) is 0.450.